The number of benzene rings is 2. The van der Waals surface area contributed by atoms with Gasteiger partial charge >= 0.3 is 5.97 Å². The number of amides is 1. The van der Waals surface area contributed by atoms with E-state index in [4.69, 9.17) is 14.2 Å². The number of methoxy groups -OCH3 is 2. The number of fused-ring (bicyclic) bond motifs is 1. The fraction of sp³-hybridized carbons (Fsp3) is 0.280. The van der Waals surface area contributed by atoms with Crippen molar-refractivity contribution in [3.63, 3.8) is 0 Å². The number of halogens is 1. The van der Waals surface area contributed by atoms with Gasteiger partial charge in [0.05, 0.1) is 19.8 Å². The summed E-state index contributed by atoms with van der Waals surface area (Å²) < 4.78 is 15.7. The highest BCUT2D eigenvalue weighted by atomic mass is 35.5. The van der Waals surface area contributed by atoms with Crippen LogP contribution in [0.15, 0.2) is 54.6 Å². The van der Waals surface area contributed by atoms with Gasteiger partial charge in [0, 0.05) is 24.5 Å². The van der Waals surface area contributed by atoms with Crippen molar-refractivity contribution in [3.05, 3.63) is 76.2 Å². The minimum absolute atomic E-state index is 0. The number of thiophene rings is 1. The number of anilines is 1. The van der Waals surface area contributed by atoms with Crippen molar-refractivity contribution in [1.82, 2.24) is 4.90 Å². The van der Waals surface area contributed by atoms with Crippen molar-refractivity contribution in [2.45, 2.75) is 19.5 Å². The monoisotopic (exact) mass is 502 g/mol. The van der Waals surface area contributed by atoms with Crippen LogP contribution in [0.1, 0.15) is 26.4 Å². The second-order valence-corrected chi connectivity index (χ2v) is 8.76. The molecule has 0 saturated carbocycles. The molecule has 0 unspecified atom stereocenters. The lowest BCUT2D eigenvalue weighted by Gasteiger charge is -2.27. The summed E-state index contributed by atoms with van der Waals surface area (Å²) in [5.74, 6) is 0.493. The van der Waals surface area contributed by atoms with E-state index >= 15 is 0 Å². The first-order valence-electron chi connectivity index (χ1n) is 10.6. The Morgan fingerprint density at radius 2 is 1.74 bits per heavy atom. The van der Waals surface area contributed by atoms with Gasteiger partial charge in [-0.05, 0) is 41.8 Å². The molecule has 1 aliphatic heterocycles. The molecular weight excluding hydrogens is 476 g/mol. The molecule has 9 heteroatoms. The molecule has 1 aromatic heterocycles. The number of esters is 1. The van der Waals surface area contributed by atoms with Crippen LogP contribution in [0, 0.1) is 0 Å². The molecule has 4 rings (SSSR count). The van der Waals surface area contributed by atoms with Gasteiger partial charge in [0.2, 0.25) is 0 Å². The Kier molecular flexibility index (Phi) is 8.92. The summed E-state index contributed by atoms with van der Waals surface area (Å²) in [5, 5.41) is 3.36. The molecule has 1 aliphatic rings. The molecule has 2 aromatic carbocycles. The quantitative estimate of drug-likeness (QED) is 0.456. The Labute approximate surface area is 209 Å². The Bertz CT molecular complexity index is 1120. The largest absolute Gasteiger partial charge is 0.497 e. The number of carbonyl (C=O) groups excluding carboxylic acids is 2. The molecule has 34 heavy (non-hydrogen) atoms. The molecule has 0 aliphatic carbocycles. The van der Waals surface area contributed by atoms with Crippen molar-refractivity contribution >= 4 is 40.6 Å². The molecule has 0 bridgehead atoms. The molecular formula is C25H27ClN2O5S. The van der Waals surface area contributed by atoms with Crippen LogP contribution < -0.4 is 14.8 Å². The maximum atomic E-state index is 12.6. The maximum Gasteiger partial charge on any atom is 0.341 e. The van der Waals surface area contributed by atoms with E-state index in [9.17, 15) is 9.59 Å². The normalized spacial score (nSPS) is 12.8. The van der Waals surface area contributed by atoms with Gasteiger partial charge in [0.15, 0.2) is 6.61 Å². The third-order valence-corrected chi connectivity index (χ3v) is 6.59. The van der Waals surface area contributed by atoms with E-state index in [-0.39, 0.29) is 24.9 Å². The summed E-state index contributed by atoms with van der Waals surface area (Å²) in [4.78, 5) is 28.5. The molecule has 0 saturated heterocycles. The van der Waals surface area contributed by atoms with Crippen LogP contribution in [0.3, 0.4) is 0 Å². The molecule has 0 radical (unpaired) electrons. The second-order valence-electron chi connectivity index (χ2n) is 7.66. The summed E-state index contributed by atoms with van der Waals surface area (Å²) in [6.45, 7) is 2.21. The van der Waals surface area contributed by atoms with Gasteiger partial charge in [0.25, 0.3) is 5.91 Å². The smallest absolute Gasteiger partial charge is 0.341 e. The van der Waals surface area contributed by atoms with Gasteiger partial charge in [-0.3, -0.25) is 9.69 Å². The Hall–Kier alpha value is -3.07. The molecule has 3 aromatic rings. The average molecular weight is 503 g/mol. The molecule has 0 spiro atoms. The van der Waals surface area contributed by atoms with E-state index < -0.39 is 5.97 Å². The van der Waals surface area contributed by atoms with Gasteiger partial charge in [-0.15, -0.1) is 23.7 Å². The van der Waals surface area contributed by atoms with Crippen molar-refractivity contribution < 1.29 is 23.8 Å². The van der Waals surface area contributed by atoms with E-state index in [1.165, 1.54) is 24.0 Å². The highest BCUT2D eigenvalue weighted by Crippen LogP contribution is 2.38. The van der Waals surface area contributed by atoms with Crippen LogP contribution in [-0.2, 0) is 29.0 Å². The first-order valence-corrected chi connectivity index (χ1v) is 11.4. The van der Waals surface area contributed by atoms with E-state index in [2.05, 4.69) is 22.3 Å². The number of nitrogens with zero attached hydrogens (tertiary/aromatic N) is 1. The van der Waals surface area contributed by atoms with Gasteiger partial charge in [-0.1, -0.05) is 30.3 Å². The molecule has 2 heterocycles. The van der Waals surface area contributed by atoms with E-state index in [1.54, 1.807) is 31.4 Å². The van der Waals surface area contributed by atoms with Crippen LogP contribution in [-0.4, -0.2) is 44.1 Å². The van der Waals surface area contributed by atoms with E-state index in [0.717, 1.165) is 36.5 Å². The molecule has 1 N–H and O–H groups in total. The molecule has 0 fully saturated rings. The minimum atomic E-state index is -0.435. The number of nitrogens with one attached hydrogen (secondary N) is 1. The average Bonchev–Trinajstić information content (AvgIpc) is 3.20. The maximum absolute atomic E-state index is 12.6. The van der Waals surface area contributed by atoms with Gasteiger partial charge in [-0.25, -0.2) is 4.79 Å². The summed E-state index contributed by atoms with van der Waals surface area (Å²) in [5.41, 5.74) is 2.66. The van der Waals surface area contributed by atoms with E-state index in [1.807, 2.05) is 18.2 Å². The van der Waals surface area contributed by atoms with Gasteiger partial charge in [-0.2, -0.15) is 0 Å². The summed E-state index contributed by atoms with van der Waals surface area (Å²) in [7, 11) is 2.94. The zero-order chi connectivity index (χ0) is 23.2. The fourth-order valence-electron chi connectivity index (χ4n) is 3.82. The standard InChI is InChI=1S/C25H26N2O5S.ClH/c1-30-18-8-10-19(11-9-18)32-16-22(28)26-24-23(25(29)31-2)20-12-13-27(15-21(20)33-24)14-17-6-4-3-5-7-17;/h3-11H,12-16H2,1-2H3,(H,26,28);1H. The predicted molar refractivity (Wildman–Crippen MR) is 134 cm³/mol. The van der Waals surface area contributed by atoms with Crippen molar-refractivity contribution in [2.75, 3.05) is 32.7 Å². The first-order chi connectivity index (χ1) is 16.1. The Morgan fingerprint density at radius 1 is 1.03 bits per heavy atom. The zero-order valence-electron chi connectivity index (χ0n) is 19.0. The summed E-state index contributed by atoms with van der Waals surface area (Å²) in [6, 6.07) is 17.3. The van der Waals surface area contributed by atoms with Gasteiger partial charge in [0.1, 0.15) is 16.5 Å². The Balaban J connectivity index is 0.00000324. The molecule has 180 valence electrons. The Morgan fingerprint density at radius 3 is 2.41 bits per heavy atom. The minimum Gasteiger partial charge on any atom is -0.497 e. The van der Waals surface area contributed by atoms with Crippen LogP contribution in [0.25, 0.3) is 0 Å². The third-order valence-electron chi connectivity index (χ3n) is 5.46. The third kappa shape index (κ3) is 6.08. The van der Waals surface area contributed by atoms with Crippen LogP contribution >= 0.6 is 23.7 Å². The van der Waals surface area contributed by atoms with Crippen LogP contribution in [0.4, 0.5) is 5.00 Å². The van der Waals surface area contributed by atoms with Crippen molar-refractivity contribution in [1.29, 1.82) is 0 Å². The highest BCUT2D eigenvalue weighted by Gasteiger charge is 2.29. The number of hydrogen-bond acceptors (Lipinski definition) is 7. The van der Waals surface area contributed by atoms with Crippen molar-refractivity contribution in [3.8, 4) is 11.5 Å². The highest BCUT2D eigenvalue weighted by molar-refractivity contribution is 7.17. The topological polar surface area (TPSA) is 77.1 Å². The zero-order valence-corrected chi connectivity index (χ0v) is 20.7. The molecule has 7 nitrogen and oxygen atoms in total. The van der Waals surface area contributed by atoms with E-state index in [0.29, 0.717) is 22.1 Å². The molecule has 1 amide bonds. The van der Waals surface area contributed by atoms with Gasteiger partial charge < -0.3 is 19.5 Å². The second kappa shape index (κ2) is 11.9. The summed E-state index contributed by atoms with van der Waals surface area (Å²) in [6.07, 6.45) is 0.724. The number of carbonyl (C=O) groups is 2. The SMILES string of the molecule is COC(=O)c1c(NC(=O)COc2ccc(OC)cc2)sc2c1CCN(Cc1ccccc1)C2.Cl. The number of ether oxygens (including phenoxy) is 3. The lowest BCUT2D eigenvalue weighted by atomic mass is 10.0. The number of hydrogen-bond donors (Lipinski definition) is 1. The predicted octanol–water partition coefficient (Wildman–Crippen LogP) is 4.54. The fourth-order valence-corrected chi connectivity index (χ4v) is 5.12. The number of rotatable bonds is 8. The first kappa shape index (κ1) is 25.6. The lowest BCUT2D eigenvalue weighted by Crippen LogP contribution is -2.29. The lowest BCUT2D eigenvalue weighted by molar-refractivity contribution is -0.118. The summed E-state index contributed by atoms with van der Waals surface area (Å²) >= 11 is 1.43. The van der Waals surface area contributed by atoms with Crippen LogP contribution in [0.2, 0.25) is 0 Å². The van der Waals surface area contributed by atoms with Crippen molar-refractivity contribution in [2.24, 2.45) is 0 Å². The molecule has 0 atom stereocenters. The van der Waals surface area contributed by atoms with Crippen LogP contribution in [0.5, 0.6) is 11.5 Å².